The summed E-state index contributed by atoms with van der Waals surface area (Å²) < 4.78 is 5.64. The van der Waals surface area contributed by atoms with Crippen LogP contribution in [0.15, 0.2) is 65.0 Å². The van der Waals surface area contributed by atoms with Crippen molar-refractivity contribution in [2.75, 3.05) is 6.61 Å². The van der Waals surface area contributed by atoms with Crippen molar-refractivity contribution in [2.24, 2.45) is 4.99 Å². The van der Waals surface area contributed by atoms with Crippen molar-refractivity contribution in [2.45, 2.75) is 13.8 Å². The van der Waals surface area contributed by atoms with E-state index in [9.17, 15) is 4.79 Å². The van der Waals surface area contributed by atoms with Crippen LogP contribution in [0.3, 0.4) is 0 Å². The van der Waals surface area contributed by atoms with Crippen LogP contribution in [0.2, 0.25) is 0 Å². The number of hydrogen-bond acceptors (Lipinski definition) is 4. The molecule has 0 aliphatic carbocycles. The molecule has 1 heterocycles. The highest BCUT2D eigenvalue weighted by Gasteiger charge is 2.24. The normalized spacial score (nSPS) is 16.8. The SMILES string of the molecule is C=CCOc1ccccc1/C=C1\SC(=Nc2ccc(C)c(C)c2)NC1=O. The molecule has 26 heavy (non-hydrogen) atoms. The second kappa shape index (κ2) is 8.06. The quantitative estimate of drug-likeness (QED) is 0.615. The minimum absolute atomic E-state index is 0.156. The molecule has 1 fully saturated rings. The molecule has 1 aliphatic rings. The summed E-state index contributed by atoms with van der Waals surface area (Å²) in [6.45, 7) is 8.18. The molecule has 0 saturated carbocycles. The maximum absolute atomic E-state index is 12.3. The van der Waals surface area contributed by atoms with Gasteiger partial charge in [-0.2, -0.15) is 0 Å². The molecule has 2 aromatic rings. The number of carbonyl (C=O) groups is 1. The first-order valence-corrected chi connectivity index (χ1v) is 9.08. The third kappa shape index (κ3) is 4.24. The molecule has 1 saturated heterocycles. The van der Waals surface area contributed by atoms with Gasteiger partial charge in [0.05, 0.1) is 10.6 Å². The van der Waals surface area contributed by atoms with Crippen molar-refractivity contribution in [1.29, 1.82) is 0 Å². The predicted octanol–water partition coefficient (Wildman–Crippen LogP) is 4.76. The Balaban J connectivity index is 1.83. The molecule has 132 valence electrons. The number of aryl methyl sites for hydroxylation is 2. The van der Waals surface area contributed by atoms with Crippen LogP contribution in [-0.2, 0) is 4.79 Å². The third-order valence-electron chi connectivity index (χ3n) is 3.93. The number of ether oxygens (including phenoxy) is 1. The van der Waals surface area contributed by atoms with E-state index in [1.165, 1.54) is 22.9 Å². The first kappa shape index (κ1) is 18.0. The highest BCUT2D eigenvalue weighted by molar-refractivity contribution is 8.18. The van der Waals surface area contributed by atoms with Crippen LogP contribution in [0.4, 0.5) is 5.69 Å². The molecule has 0 unspecified atom stereocenters. The van der Waals surface area contributed by atoms with E-state index in [0.717, 1.165) is 11.3 Å². The zero-order valence-corrected chi connectivity index (χ0v) is 15.6. The summed E-state index contributed by atoms with van der Waals surface area (Å²) in [4.78, 5) is 17.4. The van der Waals surface area contributed by atoms with E-state index in [1.807, 2.05) is 55.5 Å². The number of aliphatic imine (C=N–C) groups is 1. The number of carbonyl (C=O) groups excluding carboxylic acids is 1. The second-order valence-electron chi connectivity index (χ2n) is 5.89. The number of hydrogen-bond donors (Lipinski definition) is 1. The van der Waals surface area contributed by atoms with Crippen LogP contribution < -0.4 is 10.1 Å². The summed E-state index contributed by atoms with van der Waals surface area (Å²) in [6, 6.07) is 13.6. The van der Waals surface area contributed by atoms with Gasteiger partial charge < -0.3 is 10.1 Å². The lowest BCUT2D eigenvalue weighted by Gasteiger charge is -2.06. The lowest BCUT2D eigenvalue weighted by atomic mass is 10.1. The Morgan fingerprint density at radius 2 is 2.00 bits per heavy atom. The van der Waals surface area contributed by atoms with Crippen LogP contribution in [0.1, 0.15) is 16.7 Å². The number of rotatable bonds is 5. The number of amidine groups is 1. The summed E-state index contributed by atoms with van der Waals surface area (Å²) >= 11 is 1.33. The van der Waals surface area contributed by atoms with E-state index in [4.69, 9.17) is 4.74 Å². The molecule has 0 aromatic heterocycles. The largest absolute Gasteiger partial charge is 0.489 e. The van der Waals surface area contributed by atoms with Gasteiger partial charge in [0.25, 0.3) is 5.91 Å². The average molecular weight is 364 g/mol. The van der Waals surface area contributed by atoms with Gasteiger partial charge in [-0.05, 0) is 61.0 Å². The number of para-hydroxylation sites is 1. The molecular formula is C21H20N2O2S. The third-order valence-corrected chi connectivity index (χ3v) is 4.84. The highest BCUT2D eigenvalue weighted by atomic mass is 32.2. The van der Waals surface area contributed by atoms with Gasteiger partial charge in [-0.15, -0.1) is 0 Å². The van der Waals surface area contributed by atoms with Gasteiger partial charge in [-0.25, -0.2) is 4.99 Å². The Hall–Kier alpha value is -2.79. The van der Waals surface area contributed by atoms with Crippen molar-refractivity contribution in [3.63, 3.8) is 0 Å². The molecule has 1 N–H and O–H groups in total. The second-order valence-corrected chi connectivity index (χ2v) is 6.92. The Bertz CT molecular complexity index is 916. The number of nitrogens with one attached hydrogen (secondary N) is 1. The fraction of sp³-hybridized carbons (Fsp3) is 0.143. The zero-order valence-electron chi connectivity index (χ0n) is 14.8. The predicted molar refractivity (Wildman–Crippen MR) is 109 cm³/mol. The molecule has 1 aliphatic heterocycles. The lowest BCUT2D eigenvalue weighted by molar-refractivity contribution is -0.115. The number of thioether (sulfide) groups is 1. The average Bonchev–Trinajstić information content (AvgIpc) is 2.96. The Labute approximate surface area is 157 Å². The molecule has 1 amide bonds. The van der Waals surface area contributed by atoms with E-state index >= 15 is 0 Å². The van der Waals surface area contributed by atoms with Crippen molar-refractivity contribution in [1.82, 2.24) is 5.32 Å². The molecule has 0 atom stereocenters. The summed E-state index contributed by atoms with van der Waals surface area (Å²) in [7, 11) is 0. The Kier molecular flexibility index (Phi) is 5.58. The van der Waals surface area contributed by atoms with Gasteiger partial charge in [-0.3, -0.25) is 4.79 Å². The van der Waals surface area contributed by atoms with E-state index < -0.39 is 0 Å². The zero-order chi connectivity index (χ0) is 18.5. The van der Waals surface area contributed by atoms with E-state index in [-0.39, 0.29) is 5.91 Å². The van der Waals surface area contributed by atoms with Crippen LogP contribution in [0.5, 0.6) is 5.75 Å². The fourth-order valence-corrected chi connectivity index (χ4v) is 3.25. The lowest BCUT2D eigenvalue weighted by Crippen LogP contribution is -2.19. The molecular weight excluding hydrogens is 344 g/mol. The van der Waals surface area contributed by atoms with E-state index in [0.29, 0.717) is 22.4 Å². The summed E-state index contributed by atoms with van der Waals surface area (Å²) in [5.74, 6) is 0.559. The molecule has 2 aromatic carbocycles. The minimum Gasteiger partial charge on any atom is -0.489 e. The van der Waals surface area contributed by atoms with Crippen LogP contribution in [-0.4, -0.2) is 17.7 Å². The highest BCUT2D eigenvalue weighted by Crippen LogP contribution is 2.30. The minimum atomic E-state index is -0.156. The molecule has 0 bridgehead atoms. The van der Waals surface area contributed by atoms with Gasteiger partial charge >= 0.3 is 0 Å². The van der Waals surface area contributed by atoms with Gasteiger partial charge in [0, 0.05) is 5.56 Å². The summed E-state index contributed by atoms with van der Waals surface area (Å²) in [5, 5.41) is 3.40. The van der Waals surface area contributed by atoms with E-state index in [1.54, 1.807) is 6.08 Å². The van der Waals surface area contributed by atoms with Crippen LogP contribution in [0.25, 0.3) is 6.08 Å². The van der Waals surface area contributed by atoms with Crippen LogP contribution >= 0.6 is 11.8 Å². The first-order valence-electron chi connectivity index (χ1n) is 8.26. The first-order chi connectivity index (χ1) is 12.6. The van der Waals surface area contributed by atoms with Crippen molar-refractivity contribution in [3.8, 4) is 5.75 Å². The van der Waals surface area contributed by atoms with Crippen molar-refractivity contribution < 1.29 is 9.53 Å². The molecule has 0 spiro atoms. The number of amides is 1. The topological polar surface area (TPSA) is 50.7 Å². The van der Waals surface area contributed by atoms with Gasteiger partial charge in [0.15, 0.2) is 5.17 Å². The van der Waals surface area contributed by atoms with Gasteiger partial charge in [-0.1, -0.05) is 36.9 Å². The maximum Gasteiger partial charge on any atom is 0.264 e. The monoisotopic (exact) mass is 364 g/mol. The van der Waals surface area contributed by atoms with Crippen molar-refractivity contribution >= 4 is 34.6 Å². The molecule has 3 rings (SSSR count). The summed E-state index contributed by atoms with van der Waals surface area (Å²) in [5.41, 5.74) is 4.06. The Morgan fingerprint density at radius 1 is 1.19 bits per heavy atom. The maximum atomic E-state index is 12.3. The number of benzene rings is 2. The van der Waals surface area contributed by atoms with E-state index in [2.05, 4.69) is 23.8 Å². The molecule has 0 radical (unpaired) electrons. The van der Waals surface area contributed by atoms with Crippen molar-refractivity contribution in [3.05, 3.63) is 76.7 Å². The van der Waals surface area contributed by atoms with Gasteiger partial charge in [0.2, 0.25) is 0 Å². The fourth-order valence-electron chi connectivity index (χ4n) is 2.41. The molecule has 5 heteroatoms. The molecule has 4 nitrogen and oxygen atoms in total. The summed E-state index contributed by atoms with van der Waals surface area (Å²) in [6.07, 6.45) is 3.51. The smallest absolute Gasteiger partial charge is 0.264 e. The van der Waals surface area contributed by atoms with Crippen LogP contribution in [0, 0.1) is 13.8 Å². The number of nitrogens with zero attached hydrogens (tertiary/aromatic N) is 1. The standard InChI is InChI=1S/C21H20N2O2S/c1-4-11-25-18-8-6-5-7-16(18)13-19-20(24)23-21(26-19)22-17-10-9-14(2)15(3)12-17/h4-10,12-13H,1,11H2,2-3H3,(H,22,23,24)/b19-13-. The van der Waals surface area contributed by atoms with Gasteiger partial charge in [0.1, 0.15) is 12.4 Å². The Morgan fingerprint density at radius 3 is 2.77 bits per heavy atom.